The summed E-state index contributed by atoms with van der Waals surface area (Å²) in [5.41, 5.74) is 3.28. The van der Waals surface area contributed by atoms with Gasteiger partial charge in [-0.05, 0) is 88.7 Å². The van der Waals surface area contributed by atoms with E-state index in [1.807, 2.05) is 0 Å². The Morgan fingerprint density at radius 3 is 1.95 bits per heavy atom. The third-order valence-electron chi connectivity index (χ3n) is 9.57. The van der Waals surface area contributed by atoms with Crippen LogP contribution in [0, 0.1) is 19.8 Å². The topological polar surface area (TPSA) is 63.1 Å². The first-order chi connectivity index (χ1) is 19.9. The van der Waals surface area contributed by atoms with Gasteiger partial charge in [-0.1, -0.05) is 79.9 Å². The number of nitrogens with zero attached hydrogens (tertiary/aromatic N) is 1. The summed E-state index contributed by atoms with van der Waals surface area (Å²) >= 11 is 0. The Labute approximate surface area is 244 Å². The van der Waals surface area contributed by atoms with Crippen LogP contribution in [0.3, 0.4) is 0 Å². The first-order valence-corrected chi connectivity index (χ1v) is 16.7. The first-order valence-electron chi connectivity index (χ1n) is 15.3. The van der Waals surface area contributed by atoms with Crippen LogP contribution in [0.1, 0.15) is 69.3 Å². The van der Waals surface area contributed by atoms with E-state index >= 15 is 0 Å². The van der Waals surface area contributed by atoms with Crippen molar-refractivity contribution in [2.45, 2.75) is 89.5 Å². The largest absolute Gasteiger partial charge is 0.377 e. The summed E-state index contributed by atoms with van der Waals surface area (Å²) in [5.74, 6) is 0.423. The minimum absolute atomic E-state index is 0.0971. The van der Waals surface area contributed by atoms with Gasteiger partial charge in [-0.25, -0.2) is 0 Å². The molecule has 5 atom stereocenters. The van der Waals surface area contributed by atoms with Crippen molar-refractivity contribution in [3.05, 3.63) is 105 Å². The summed E-state index contributed by atoms with van der Waals surface area (Å²) in [4.78, 5) is 25.8. The highest BCUT2D eigenvalue weighted by Crippen LogP contribution is 2.51. The molecule has 0 radical (unpaired) electrons. The quantitative estimate of drug-likeness (QED) is 0.182. The zero-order chi connectivity index (χ0) is 28.5. The molecule has 3 aromatic carbocycles. The lowest BCUT2D eigenvalue weighted by molar-refractivity contribution is 0.315. The van der Waals surface area contributed by atoms with E-state index in [-0.39, 0.29) is 29.0 Å². The molecule has 2 aliphatic rings. The fraction of sp³-hybridized carbons (Fsp3) is 0.429. The van der Waals surface area contributed by atoms with Crippen LogP contribution in [-0.4, -0.2) is 22.3 Å². The minimum atomic E-state index is -0.540. The Morgan fingerprint density at radius 1 is 0.732 bits per heavy atom. The van der Waals surface area contributed by atoms with Crippen molar-refractivity contribution in [2.24, 2.45) is 5.92 Å². The number of aromatic nitrogens is 1. The molecule has 1 aromatic heterocycles. The Morgan fingerprint density at radius 2 is 1.32 bits per heavy atom. The molecule has 0 aliphatic heterocycles. The van der Waals surface area contributed by atoms with Crippen molar-refractivity contribution in [3.63, 3.8) is 0 Å². The van der Waals surface area contributed by atoms with E-state index < -0.39 is 7.92 Å². The third kappa shape index (κ3) is 5.42. The Hall–Kier alpha value is -3.17. The molecule has 1 unspecified atom stereocenters. The van der Waals surface area contributed by atoms with Gasteiger partial charge in [0.05, 0.1) is 6.04 Å². The van der Waals surface area contributed by atoms with Gasteiger partial charge in [-0.15, -0.1) is 0 Å². The molecule has 2 saturated carbocycles. The van der Waals surface area contributed by atoms with Crippen LogP contribution in [0.5, 0.6) is 0 Å². The number of rotatable bonds is 9. The van der Waals surface area contributed by atoms with Gasteiger partial charge in [0, 0.05) is 23.5 Å². The highest BCUT2D eigenvalue weighted by atomic mass is 31.1. The maximum absolute atomic E-state index is 12.9. The van der Waals surface area contributed by atoms with E-state index in [1.54, 1.807) is 0 Å². The van der Waals surface area contributed by atoms with Gasteiger partial charge in [0.1, 0.15) is 11.4 Å². The molecule has 0 bridgehead atoms. The number of aryl methyl sites for hydroxylation is 2. The van der Waals surface area contributed by atoms with E-state index in [0.717, 1.165) is 25.7 Å². The van der Waals surface area contributed by atoms with Crippen molar-refractivity contribution in [1.29, 1.82) is 0 Å². The average Bonchev–Trinajstić information content (AvgIpc) is 3.62. The van der Waals surface area contributed by atoms with Gasteiger partial charge in [-0.3, -0.25) is 9.59 Å². The van der Waals surface area contributed by atoms with E-state index in [0.29, 0.717) is 23.0 Å². The molecule has 0 saturated heterocycles. The maximum Gasteiger partial charge on any atom is 0.253 e. The number of hydrogen-bond acceptors (Lipinski definition) is 4. The Balaban J connectivity index is 1.24. The van der Waals surface area contributed by atoms with Gasteiger partial charge in [0.25, 0.3) is 10.9 Å². The van der Waals surface area contributed by atoms with Gasteiger partial charge in [0.2, 0.25) is 0 Å². The fourth-order valence-corrected chi connectivity index (χ4v) is 10.8. The van der Waals surface area contributed by atoms with Gasteiger partial charge >= 0.3 is 0 Å². The van der Waals surface area contributed by atoms with Crippen molar-refractivity contribution in [2.75, 3.05) is 10.6 Å². The van der Waals surface area contributed by atoms with E-state index in [2.05, 4.69) is 109 Å². The lowest BCUT2D eigenvalue weighted by Crippen LogP contribution is -2.45. The molecule has 2 fully saturated rings. The standard InChI is InChI=1S/C35H42N3O2P/c1-23-21-22-24(2)38(23)30-19-11-10-18-29(30)37-33-32(34(39)35(33)40)36-25(3)28-17-12-20-31(28)41(26-13-6-4-7-14-26)27-15-8-5-9-16-27/h4-9,13-16,21-22,25,28-31,36-37H,10-12,17-20H2,1-3H3/t25-,28+,29+,30+,31?/m1/s1. The van der Waals surface area contributed by atoms with Gasteiger partial charge in [0.15, 0.2) is 0 Å². The monoisotopic (exact) mass is 567 g/mol. The molecule has 5 nitrogen and oxygen atoms in total. The molecule has 2 N–H and O–H groups in total. The van der Waals surface area contributed by atoms with Crippen LogP contribution in [0.25, 0.3) is 0 Å². The van der Waals surface area contributed by atoms with Crippen LogP contribution >= 0.6 is 7.92 Å². The summed E-state index contributed by atoms with van der Waals surface area (Å²) < 4.78 is 2.41. The molecule has 1 heterocycles. The molecule has 214 valence electrons. The Bertz CT molecular complexity index is 1480. The van der Waals surface area contributed by atoms with E-state index in [4.69, 9.17) is 0 Å². The smallest absolute Gasteiger partial charge is 0.253 e. The SMILES string of the molecule is Cc1ccc(C)n1[C@H]1CCCC[C@@H]1Nc1c(N[C@H](C)[C@@H]2CCCC2P(c2ccccc2)c2ccccc2)c(=O)c1=O. The molecule has 41 heavy (non-hydrogen) atoms. The van der Waals surface area contributed by atoms with Crippen LogP contribution in [0.15, 0.2) is 82.4 Å². The van der Waals surface area contributed by atoms with Crippen molar-refractivity contribution < 1.29 is 0 Å². The number of hydrogen-bond donors (Lipinski definition) is 2. The molecular weight excluding hydrogens is 525 g/mol. The summed E-state index contributed by atoms with van der Waals surface area (Å²) in [6.07, 6.45) is 7.90. The average molecular weight is 568 g/mol. The third-order valence-corrected chi connectivity index (χ3v) is 12.6. The number of nitrogens with one attached hydrogen (secondary N) is 2. The summed E-state index contributed by atoms with van der Waals surface area (Å²) in [5, 5.41) is 10.00. The molecule has 6 heteroatoms. The molecule has 2 aliphatic carbocycles. The number of benzene rings is 2. The maximum atomic E-state index is 12.9. The second-order valence-corrected chi connectivity index (χ2v) is 14.6. The normalized spacial score (nSPS) is 23.6. The van der Waals surface area contributed by atoms with Crippen molar-refractivity contribution in [1.82, 2.24) is 4.57 Å². The summed E-state index contributed by atoms with van der Waals surface area (Å²) in [6, 6.07) is 26.7. The second kappa shape index (κ2) is 12.0. The minimum Gasteiger partial charge on any atom is -0.377 e. The van der Waals surface area contributed by atoms with E-state index in [1.165, 1.54) is 41.3 Å². The van der Waals surface area contributed by atoms with Crippen molar-refractivity contribution >= 4 is 29.9 Å². The predicted molar refractivity (Wildman–Crippen MR) is 173 cm³/mol. The summed E-state index contributed by atoms with van der Waals surface area (Å²) in [7, 11) is -0.540. The number of anilines is 2. The van der Waals surface area contributed by atoms with Crippen LogP contribution < -0.4 is 32.1 Å². The highest BCUT2D eigenvalue weighted by Gasteiger charge is 2.39. The molecule has 0 amide bonds. The van der Waals surface area contributed by atoms with Crippen LogP contribution in [-0.2, 0) is 0 Å². The van der Waals surface area contributed by atoms with E-state index in [9.17, 15) is 9.59 Å². The summed E-state index contributed by atoms with van der Waals surface area (Å²) in [6.45, 7) is 6.52. The molecule has 0 spiro atoms. The van der Waals surface area contributed by atoms with Crippen LogP contribution in [0.2, 0.25) is 0 Å². The second-order valence-electron chi connectivity index (χ2n) is 12.1. The zero-order valence-corrected chi connectivity index (χ0v) is 25.4. The first kappa shape index (κ1) is 28.0. The van der Waals surface area contributed by atoms with Crippen LogP contribution in [0.4, 0.5) is 11.4 Å². The zero-order valence-electron chi connectivity index (χ0n) is 24.5. The molecular formula is C35H42N3O2P. The molecule has 6 rings (SSSR count). The van der Waals surface area contributed by atoms with Crippen molar-refractivity contribution in [3.8, 4) is 0 Å². The fourth-order valence-electron chi connectivity index (χ4n) is 7.56. The highest BCUT2D eigenvalue weighted by molar-refractivity contribution is 7.73. The predicted octanol–water partition coefficient (Wildman–Crippen LogP) is 6.40. The molecule has 4 aromatic rings. The van der Waals surface area contributed by atoms with Gasteiger partial charge < -0.3 is 15.2 Å². The van der Waals surface area contributed by atoms with Gasteiger partial charge in [-0.2, -0.15) is 0 Å². The lowest BCUT2D eigenvalue weighted by Gasteiger charge is -2.37. The lowest BCUT2D eigenvalue weighted by atomic mass is 9.89. The Kier molecular flexibility index (Phi) is 8.17.